The third-order valence-corrected chi connectivity index (χ3v) is 6.78. The first kappa shape index (κ1) is 36.4. The Morgan fingerprint density at radius 2 is 1.15 bits per heavy atom. The van der Waals surface area contributed by atoms with E-state index in [2.05, 4.69) is 34.3 Å². The average molecular weight is 581 g/mol. The minimum atomic E-state index is -1.51. The van der Waals surface area contributed by atoms with E-state index in [1.54, 1.807) is 0 Å². The Bertz CT molecular complexity index is 888. The van der Waals surface area contributed by atoms with Crippen molar-refractivity contribution in [2.24, 2.45) is 0 Å². The van der Waals surface area contributed by atoms with Crippen molar-refractivity contribution in [3.63, 3.8) is 0 Å². The SMILES string of the molecule is O=C(O)CNC(=O)CCCCCCCCC#CC#CCCCCCCCCC(=O)N[C@@H]1O[C@H](CO)[C@@H](O)[C@H](O)[C@H]1O. The number of amides is 2. The second-order valence-electron chi connectivity index (χ2n) is 10.3. The zero-order valence-electron chi connectivity index (χ0n) is 24.0. The van der Waals surface area contributed by atoms with Crippen LogP contribution < -0.4 is 10.6 Å². The van der Waals surface area contributed by atoms with Gasteiger partial charge in [-0.25, -0.2) is 0 Å². The van der Waals surface area contributed by atoms with Gasteiger partial charge in [0, 0.05) is 25.7 Å². The van der Waals surface area contributed by atoms with E-state index >= 15 is 0 Å². The molecule has 2 amide bonds. The molecule has 0 radical (unpaired) electrons. The third kappa shape index (κ3) is 17.7. The van der Waals surface area contributed by atoms with Gasteiger partial charge in [0.15, 0.2) is 6.23 Å². The van der Waals surface area contributed by atoms with Crippen molar-refractivity contribution in [2.75, 3.05) is 13.2 Å². The van der Waals surface area contributed by atoms with Gasteiger partial charge in [-0.05, 0) is 37.5 Å². The molecule has 11 nitrogen and oxygen atoms in total. The number of carboxylic acid groups (broad SMARTS) is 1. The molecule has 1 aliphatic heterocycles. The summed E-state index contributed by atoms with van der Waals surface area (Å²) in [5.41, 5.74) is 0. The maximum Gasteiger partial charge on any atom is 0.322 e. The predicted molar refractivity (Wildman–Crippen MR) is 152 cm³/mol. The normalized spacial score (nSPS) is 21.6. The van der Waals surface area contributed by atoms with E-state index in [1.165, 1.54) is 0 Å². The number of hydrogen-bond acceptors (Lipinski definition) is 8. The summed E-state index contributed by atoms with van der Waals surface area (Å²) >= 11 is 0. The molecular weight excluding hydrogens is 532 g/mol. The maximum absolute atomic E-state index is 12.1. The van der Waals surface area contributed by atoms with Crippen LogP contribution in [0.5, 0.6) is 0 Å². The summed E-state index contributed by atoms with van der Waals surface area (Å²) in [6, 6.07) is 0. The maximum atomic E-state index is 12.1. The molecule has 5 atom stereocenters. The van der Waals surface area contributed by atoms with Crippen molar-refractivity contribution >= 4 is 17.8 Å². The highest BCUT2D eigenvalue weighted by molar-refractivity contribution is 5.81. The number of aliphatic carboxylic acids is 1. The number of carbonyl (C=O) groups excluding carboxylic acids is 2. The van der Waals surface area contributed by atoms with Crippen LogP contribution in [0, 0.1) is 23.7 Å². The molecule has 232 valence electrons. The highest BCUT2D eigenvalue weighted by atomic mass is 16.6. The molecule has 0 aromatic heterocycles. The Morgan fingerprint density at radius 1 is 0.659 bits per heavy atom. The summed E-state index contributed by atoms with van der Waals surface area (Å²) in [5.74, 6) is 10.4. The van der Waals surface area contributed by atoms with Crippen LogP contribution >= 0.6 is 0 Å². The minimum absolute atomic E-state index is 0.210. The van der Waals surface area contributed by atoms with Gasteiger partial charge in [-0.15, -0.1) is 0 Å². The molecule has 0 bridgehead atoms. The van der Waals surface area contributed by atoms with Gasteiger partial charge in [-0.3, -0.25) is 14.4 Å². The Morgan fingerprint density at radius 3 is 1.66 bits per heavy atom. The molecule has 1 fully saturated rings. The number of hydrogen-bond donors (Lipinski definition) is 7. The smallest absolute Gasteiger partial charge is 0.322 e. The molecule has 0 saturated carbocycles. The lowest BCUT2D eigenvalue weighted by atomic mass is 9.98. The second kappa shape index (κ2) is 23.0. The van der Waals surface area contributed by atoms with E-state index in [-0.39, 0.29) is 24.8 Å². The van der Waals surface area contributed by atoms with Crippen molar-refractivity contribution in [3.05, 3.63) is 0 Å². The van der Waals surface area contributed by atoms with Gasteiger partial charge in [-0.1, -0.05) is 63.2 Å². The Balaban J connectivity index is 1.93. The van der Waals surface area contributed by atoms with Crippen LogP contribution in [0.3, 0.4) is 0 Å². The lowest BCUT2D eigenvalue weighted by Crippen LogP contribution is -2.63. The fraction of sp³-hybridized carbons (Fsp3) is 0.767. The van der Waals surface area contributed by atoms with E-state index in [9.17, 15) is 34.8 Å². The van der Waals surface area contributed by atoms with Crippen molar-refractivity contribution in [1.82, 2.24) is 10.6 Å². The summed E-state index contributed by atoms with van der Waals surface area (Å²) in [4.78, 5) is 33.9. The molecule has 0 unspecified atom stereocenters. The first-order chi connectivity index (χ1) is 19.8. The fourth-order valence-electron chi connectivity index (χ4n) is 4.34. The molecule has 41 heavy (non-hydrogen) atoms. The van der Waals surface area contributed by atoms with Crippen molar-refractivity contribution in [3.8, 4) is 23.7 Å². The highest BCUT2D eigenvalue weighted by Crippen LogP contribution is 2.20. The summed E-state index contributed by atoms with van der Waals surface area (Å²) in [6.07, 6.45) is 7.35. The van der Waals surface area contributed by atoms with Gasteiger partial charge in [0.1, 0.15) is 31.0 Å². The molecule has 1 aliphatic rings. The Hall–Kier alpha value is -2.67. The molecule has 0 aromatic carbocycles. The van der Waals surface area contributed by atoms with Gasteiger partial charge in [0.25, 0.3) is 0 Å². The zero-order chi connectivity index (χ0) is 30.3. The van der Waals surface area contributed by atoms with Gasteiger partial charge in [-0.2, -0.15) is 0 Å². The summed E-state index contributed by atoms with van der Waals surface area (Å²) in [5, 5.41) is 52.1. The van der Waals surface area contributed by atoms with Crippen LogP contribution in [-0.4, -0.2) is 87.1 Å². The molecule has 0 aliphatic carbocycles. The number of carbonyl (C=O) groups is 3. The van der Waals surface area contributed by atoms with Crippen LogP contribution in [0.4, 0.5) is 0 Å². The van der Waals surface area contributed by atoms with Gasteiger partial charge in [0.05, 0.1) is 6.61 Å². The number of carboxylic acids is 1. The largest absolute Gasteiger partial charge is 0.480 e. The van der Waals surface area contributed by atoms with Gasteiger partial charge >= 0.3 is 5.97 Å². The Labute approximate surface area is 243 Å². The van der Waals surface area contributed by atoms with Crippen LogP contribution in [0.2, 0.25) is 0 Å². The molecule has 1 saturated heterocycles. The van der Waals surface area contributed by atoms with Crippen LogP contribution in [0.15, 0.2) is 0 Å². The number of nitrogens with one attached hydrogen (secondary N) is 2. The fourth-order valence-corrected chi connectivity index (χ4v) is 4.34. The predicted octanol–water partition coefficient (Wildman–Crippen LogP) is 1.35. The van der Waals surface area contributed by atoms with E-state index in [0.29, 0.717) is 12.8 Å². The molecular formula is C30H48N2O9. The molecule has 11 heteroatoms. The second-order valence-corrected chi connectivity index (χ2v) is 10.3. The van der Waals surface area contributed by atoms with Crippen molar-refractivity contribution < 1.29 is 44.7 Å². The van der Waals surface area contributed by atoms with Crippen molar-refractivity contribution in [2.45, 2.75) is 133 Å². The topological polar surface area (TPSA) is 186 Å². The average Bonchev–Trinajstić information content (AvgIpc) is 2.95. The quantitative estimate of drug-likeness (QED) is 0.0824. The van der Waals surface area contributed by atoms with E-state index in [4.69, 9.17) is 9.84 Å². The minimum Gasteiger partial charge on any atom is -0.480 e. The monoisotopic (exact) mass is 580 g/mol. The lowest BCUT2D eigenvalue weighted by molar-refractivity contribution is -0.236. The summed E-state index contributed by atoms with van der Waals surface area (Å²) in [6.45, 7) is -0.858. The molecule has 0 aromatic rings. The zero-order valence-corrected chi connectivity index (χ0v) is 24.0. The Kier molecular flexibility index (Phi) is 20.4. The van der Waals surface area contributed by atoms with Crippen LogP contribution in [0.25, 0.3) is 0 Å². The number of unbranched alkanes of at least 4 members (excludes halogenated alkanes) is 12. The standard InChI is InChI=1S/C30H48N2O9/c33-22-23-27(38)28(39)29(40)30(41-23)32-25(35)20-18-16-14-12-10-8-6-4-2-1-3-5-7-9-11-13-15-17-19-24(34)31-21-26(36)37/h23,27-30,33,38-40H,5-22H2,(H,31,34)(H,32,35)(H,36,37)/t23-,27-,28+,29-,30-/m1/s1. The summed E-state index contributed by atoms with van der Waals surface area (Å²) in [7, 11) is 0. The van der Waals surface area contributed by atoms with E-state index in [1.807, 2.05) is 0 Å². The van der Waals surface area contributed by atoms with Crippen LogP contribution in [0.1, 0.15) is 103 Å². The third-order valence-electron chi connectivity index (χ3n) is 6.78. The number of rotatable bonds is 20. The highest BCUT2D eigenvalue weighted by Gasteiger charge is 2.43. The molecule has 1 heterocycles. The number of aliphatic hydroxyl groups is 4. The first-order valence-corrected chi connectivity index (χ1v) is 14.8. The van der Waals surface area contributed by atoms with Gasteiger partial charge < -0.3 is 40.9 Å². The van der Waals surface area contributed by atoms with E-state index in [0.717, 1.165) is 83.5 Å². The lowest BCUT2D eigenvalue weighted by Gasteiger charge is -2.40. The van der Waals surface area contributed by atoms with E-state index < -0.39 is 43.2 Å². The van der Waals surface area contributed by atoms with Gasteiger partial charge in [0.2, 0.25) is 11.8 Å². The van der Waals surface area contributed by atoms with Crippen molar-refractivity contribution in [1.29, 1.82) is 0 Å². The summed E-state index contributed by atoms with van der Waals surface area (Å²) < 4.78 is 5.28. The number of aliphatic hydroxyl groups excluding tert-OH is 4. The molecule has 7 N–H and O–H groups in total. The van der Waals surface area contributed by atoms with Crippen LogP contribution in [-0.2, 0) is 19.1 Å². The molecule has 1 rings (SSSR count). The first-order valence-electron chi connectivity index (χ1n) is 14.8. The number of ether oxygens (including phenoxy) is 1. The molecule has 0 spiro atoms.